The van der Waals surface area contributed by atoms with Gasteiger partial charge in [0.25, 0.3) is 0 Å². The highest BCUT2D eigenvalue weighted by molar-refractivity contribution is 7.89. The van der Waals surface area contributed by atoms with Crippen LogP contribution in [0.3, 0.4) is 0 Å². The Kier molecular flexibility index (Phi) is 6.77. The standard InChI is InChI=1S/C22H22F3NO3S/c23-22(24,25)19-10-5-17(6-11-19)7-14-21(27)18-8-12-20(13-9-18)30(28,29)26-15-3-1-2-4-16-26/h5-14H,1-4,15-16H2. The quantitative estimate of drug-likeness (QED) is 0.479. The number of alkyl halides is 3. The summed E-state index contributed by atoms with van der Waals surface area (Å²) in [6, 6.07) is 10.2. The maximum absolute atomic E-state index is 12.8. The molecular formula is C22H22F3NO3S. The van der Waals surface area contributed by atoms with Crippen LogP contribution in [0.4, 0.5) is 13.2 Å². The van der Waals surface area contributed by atoms with Crippen LogP contribution < -0.4 is 0 Å². The average molecular weight is 437 g/mol. The van der Waals surface area contributed by atoms with Crippen LogP contribution in [0.1, 0.15) is 47.2 Å². The van der Waals surface area contributed by atoms with Crippen molar-refractivity contribution in [2.75, 3.05) is 13.1 Å². The molecular weight excluding hydrogens is 415 g/mol. The Morgan fingerprint density at radius 1 is 0.867 bits per heavy atom. The number of ketones is 1. The third-order valence-electron chi connectivity index (χ3n) is 5.01. The summed E-state index contributed by atoms with van der Waals surface area (Å²) in [5.74, 6) is -0.367. The maximum Gasteiger partial charge on any atom is 0.416 e. The molecule has 0 atom stereocenters. The molecule has 1 fully saturated rings. The van der Waals surface area contributed by atoms with Crippen molar-refractivity contribution in [2.45, 2.75) is 36.8 Å². The van der Waals surface area contributed by atoms with Crippen LogP contribution in [-0.4, -0.2) is 31.6 Å². The van der Waals surface area contributed by atoms with Crippen molar-refractivity contribution < 1.29 is 26.4 Å². The van der Waals surface area contributed by atoms with E-state index in [1.165, 1.54) is 52.9 Å². The van der Waals surface area contributed by atoms with E-state index in [0.29, 0.717) is 24.2 Å². The van der Waals surface area contributed by atoms with Gasteiger partial charge in [-0.25, -0.2) is 8.42 Å². The van der Waals surface area contributed by atoms with Gasteiger partial charge in [-0.3, -0.25) is 4.79 Å². The normalized spacial score (nSPS) is 16.5. The van der Waals surface area contributed by atoms with E-state index in [4.69, 9.17) is 0 Å². The third-order valence-corrected chi connectivity index (χ3v) is 6.92. The van der Waals surface area contributed by atoms with Crippen LogP contribution in [0.5, 0.6) is 0 Å². The first-order valence-electron chi connectivity index (χ1n) is 9.68. The SMILES string of the molecule is O=C(C=Cc1ccc(C(F)(F)F)cc1)c1ccc(S(=O)(=O)N2CCCCCC2)cc1. The Balaban J connectivity index is 1.69. The van der Waals surface area contributed by atoms with Gasteiger partial charge in [0, 0.05) is 18.7 Å². The van der Waals surface area contributed by atoms with E-state index in [2.05, 4.69) is 0 Å². The summed E-state index contributed by atoms with van der Waals surface area (Å²) in [5, 5.41) is 0. The second kappa shape index (κ2) is 9.14. The molecule has 0 unspecified atom stereocenters. The molecule has 1 heterocycles. The Hall–Kier alpha value is -2.45. The number of rotatable bonds is 5. The first-order valence-corrected chi connectivity index (χ1v) is 11.1. The van der Waals surface area contributed by atoms with Crippen molar-refractivity contribution in [1.82, 2.24) is 4.31 Å². The van der Waals surface area contributed by atoms with Crippen LogP contribution >= 0.6 is 0 Å². The lowest BCUT2D eigenvalue weighted by molar-refractivity contribution is -0.137. The molecule has 1 aliphatic heterocycles. The highest BCUT2D eigenvalue weighted by Crippen LogP contribution is 2.29. The maximum atomic E-state index is 12.8. The molecule has 0 amide bonds. The minimum absolute atomic E-state index is 0.146. The first-order chi connectivity index (χ1) is 14.2. The van der Waals surface area contributed by atoms with Crippen molar-refractivity contribution in [1.29, 1.82) is 0 Å². The molecule has 0 saturated carbocycles. The Labute approximate surface area is 174 Å². The third kappa shape index (κ3) is 5.37. The van der Waals surface area contributed by atoms with Crippen LogP contribution in [0.25, 0.3) is 6.08 Å². The summed E-state index contributed by atoms with van der Waals surface area (Å²) in [4.78, 5) is 12.5. The van der Waals surface area contributed by atoms with Gasteiger partial charge in [0.2, 0.25) is 10.0 Å². The van der Waals surface area contributed by atoms with E-state index in [9.17, 15) is 26.4 Å². The van der Waals surface area contributed by atoms with Crippen LogP contribution in [0, 0.1) is 0 Å². The summed E-state index contributed by atoms with van der Waals surface area (Å²) in [6.45, 7) is 0.998. The number of allylic oxidation sites excluding steroid dienone is 1. The van der Waals surface area contributed by atoms with Gasteiger partial charge in [-0.2, -0.15) is 17.5 Å². The van der Waals surface area contributed by atoms with E-state index in [1.807, 2.05) is 0 Å². The lowest BCUT2D eigenvalue weighted by Crippen LogP contribution is -2.31. The predicted octanol–water partition coefficient (Wildman–Crippen LogP) is 5.17. The second-order valence-corrected chi connectivity index (χ2v) is 9.10. The summed E-state index contributed by atoms with van der Waals surface area (Å²) >= 11 is 0. The molecule has 0 bridgehead atoms. The lowest BCUT2D eigenvalue weighted by Gasteiger charge is -2.19. The van der Waals surface area contributed by atoms with Gasteiger partial charge >= 0.3 is 6.18 Å². The largest absolute Gasteiger partial charge is 0.416 e. The van der Waals surface area contributed by atoms with E-state index >= 15 is 0 Å². The highest BCUT2D eigenvalue weighted by atomic mass is 32.2. The smallest absolute Gasteiger partial charge is 0.289 e. The predicted molar refractivity (Wildman–Crippen MR) is 108 cm³/mol. The second-order valence-electron chi connectivity index (χ2n) is 7.16. The summed E-state index contributed by atoms with van der Waals surface area (Å²) in [5.41, 5.74) is -0.00290. The Morgan fingerprint density at radius 3 is 1.97 bits per heavy atom. The van der Waals surface area contributed by atoms with Crippen LogP contribution in [0.15, 0.2) is 59.5 Å². The topological polar surface area (TPSA) is 54.5 Å². The Morgan fingerprint density at radius 2 is 1.43 bits per heavy atom. The zero-order valence-corrected chi connectivity index (χ0v) is 17.0. The molecule has 1 saturated heterocycles. The molecule has 1 aliphatic rings. The average Bonchev–Trinajstić information content (AvgIpc) is 3.02. The minimum atomic E-state index is -4.41. The minimum Gasteiger partial charge on any atom is -0.289 e. The molecule has 2 aromatic carbocycles. The molecule has 160 valence electrons. The lowest BCUT2D eigenvalue weighted by atomic mass is 10.1. The number of carbonyl (C=O) groups excluding carboxylic acids is 1. The van der Waals surface area contributed by atoms with Crippen molar-refractivity contribution >= 4 is 21.9 Å². The van der Waals surface area contributed by atoms with Gasteiger partial charge in [-0.05, 0) is 60.9 Å². The first kappa shape index (κ1) is 22.2. The van der Waals surface area contributed by atoms with E-state index in [-0.39, 0.29) is 10.7 Å². The Bertz CT molecular complexity index is 1000. The summed E-state index contributed by atoms with van der Waals surface area (Å²) in [6.07, 6.45) is 1.98. The number of benzene rings is 2. The number of nitrogens with zero attached hydrogens (tertiary/aromatic N) is 1. The van der Waals surface area contributed by atoms with E-state index in [0.717, 1.165) is 37.8 Å². The number of hydrogen-bond acceptors (Lipinski definition) is 3. The van der Waals surface area contributed by atoms with E-state index < -0.39 is 21.8 Å². The number of halogens is 3. The molecule has 3 rings (SSSR count). The van der Waals surface area contributed by atoms with Gasteiger partial charge in [0.1, 0.15) is 0 Å². The fourth-order valence-electron chi connectivity index (χ4n) is 3.27. The number of sulfonamides is 1. The summed E-state index contributed by atoms with van der Waals surface area (Å²) in [7, 11) is -3.59. The van der Waals surface area contributed by atoms with Gasteiger partial charge in [0.05, 0.1) is 10.5 Å². The molecule has 0 spiro atoms. The van der Waals surface area contributed by atoms with Crippen molar-refractivity contribution in [3.8, 4) is 0 Å². The summed E-state index contributed by atoms with van der Waals surface area (Å²) < 4.78 is 64.8. The fourth-order valence-corrected chi connectivity index (χ4v) is 4.79. The molecule has 0 aliphatic carbocycles. The molecule has 0 N–H and O–H groups in total. The van der Waals surface area contributed by atoms with Crippen molar-refractivity contribution in [3.63, 3.8) is 0 Å². The molecule has 30 heavy (non-hydrogen) atoms. The van der Waals surface area contributed by atoms with Crippen molar-refractivity contribution in [2.24, 2.45) is 0 Å². The van der Waals surface area contributed by atoms with Gasteiger partial charge in [0.15, 0.2) is 5.78 Å². The van der Waals surface area contributed by atoms with Gasteiger partial charge in [-0.1, -0.05) is 31.1 Å². The van der Waals surface area contributed by atoms with Gasteiger partial charge < -0.3 is 0 Å². The molecule has 4 nitrogen and oxygen atoms in total. The monoisotopic (exact) mass is 437 g/mol. The number of carbonyl (C=O) groups is 1. The molecule has 0 aromatic heterocycles. The zero-order chi connectivity index (χ0) is 21.8. The molecule has 8 heteroatoms. The zero-order valence-electron chi connectivity index (χ0n) is 16.2. The fraction of sp³-hybridized carbons (Fsp3) is 0.318. The number of hydrogen-bond donors (Lipinski definition) is 0. The molecule has 2 aromatic rings. The van der Waals surface area contributed by atoms with Crippen LogP contribution in [-0.2, 0) is 16.2 Å². The highest BCUT2D eigenvalue weighted by Gasteiger charge is 2.29. The molecule has 0 radical (unpaired) electrons. The van der Waals surface area contributed by atoms with E-state index in [1.54, 1.807) is 0 Å². The van der Waals surface area contributed by atoms with Crippen LogP contribution in [0.2, 0.25) is 0 Å². The van der Waals surface area contributed by atoms with Gasteiger partial charge in [-0.15, -0.1) is 0 Å². The van der Waals surface area contributed by atoms with Crippen molar-refractivity contribution in [3.05, 3.63) is 71.3 Å².